The molecule has 0 radical (unpaired) electrons. The van der Waals surface area contributed by atoms with E-state index in [1.165, 1.54) is 16.7 Å². The molecule has 17 heavy (non-hydrogen) atoms. The van der Waals surface area contributed by atoms with Crippen LogP contribution in [0.2, 0.25) is 0 Å². The zero-order valence-electron chi connectivity index (χ0n) is 11.9. The van der Waals surface area contributed by atoms with Crippen LogP contribution >= 0.6 is 0 Å². The third kappa shape index (κ3) is 4.04. The van der Waals surface area contributed by atoms with Crippen molar-refractivity contribution in [3.63, 3.8) is 0 Å². The number of benzene rings is 1. The summed E-state index contributed by atoms with van der Waals surface area (Å²) in [4.78, 5) is 0. The van der Waals surface area contributed by atoms with Crippen LogP contribution in [0.15, 0.2) is 12.1 Å². The van der Waals surface area contributed by atoms with Crippen LogP contribution in [0.4, 0.5) is 0 Å². The third-order valence-corrected chi connectivity index (χ3v) is 3.27. The molecule has 1 N–H and O–H groups in total. The molecule has 96 valence electrons. The summed E-state index contributed by atoms with van der Waals surface area (Å²) in [5.74, 6) is 1.03. The Morgan fingerprint density at radius 2 is 1.82 bits per heavy atom. The lowest BCUT2D eigenvalue weighted by atomic mass is 10.1. The predicted octanol–water partition coefficient (Wildman–Crippen LogP) is 3.38. The summed E-state index contributed by atoms with van der Waals surface area (Å²) in [6, 6.07) is 4.81. The van der Waals surface area contributed by atoms with E-state index in [0.717, 1.165) is 12.2 Å². The van der Waals surface area contributed by atoms with E-state index in [1.54, 1.807) is 0 Å². The number of ether oxygens (including phenoxy) is 1. The second kappa shape index (κ2) is 6.06. The lowest BCUT2D eigenvalue weighted by Crippen LogP contribution is -2.28. The van der Waals surface area contributed by atoms with Crippen LogP contribution in [0.1, 0.15) is 37.0 Å². The largest absolute Gasteiger partial charge is 0.490 e. The van der Waals surface area contributed by atoms with Gasteiger partial charge >= 0.3 is 0 Å². The van der Waals surface area contributed by atoms with E-state index in [-0.39, 0.29) is 6.10 Å². The van der Waals surface area contributed by atoms with Crippen molar-refractivity contribution in [2.75, 3.05) is 7.05 Å². The molecule has 1 rings (SSSR count). The number of aryl methyl sites for hydroxylation is 2. The maximum absolute atomic E-state index is 6.04. The molecule has 0 saturated carbocycles. The van der Waals surface area contributed by atoms with E-state index in [2.05, 4.69) is 52.1 Å². The first-order chi connectivity index (χ1) is 7.93. The van der Waals surface area contributed by atoms with Gasteiger partial charge in [-0.1, -0.05) is 6.07 Å². The minimum atomic E-state index is 0.234. The summed E-state index contributed by atoms with van der Waals surface area (Å²) in [5.41, 5.74) is 3.81. The molecule has 0 bridgehead atoms. The van der Waals surface area contributed by atoms with Crippen molar-refractivity contribution in [2.24, 2.45) is 0 Å². The molecule has 2 nitrogen and oxygen atoms in total. The minimum absolute atomic E-state index is 0.234. The van der Waals surface area contributed by atoms with Gasteiger partial charge in [-0.2, -0.15) is 0 Å². The van der Waals surface area contributed by atoms with Gasteiger partial charge in [0.1, 0.15) is 5.75 Å². The molecule has 0 aliphatic heterocycles. The van der Waals surface area contributed by atoms with Crippen LogP contribution < -0.4 is 10.1 Å². The van der Waals surface area contributed by atoms with Crippen LogP contribution in [0.5, 0.6) is 5.75 Å². The van der Waals surface area contributed by atoms with Gasteiger partial charge in [-0.3, -0.25) is 0 Å². The summed E-state index contributed by atoms with van der Waals surface area (Å²) in [6.45, 7) is 10.7. The fourth-order valence-corrected chi connectivity index (χ4v) is 2.00. The number of nitrogens with one attached hydrogen (secondary N) is 1. The molecule has 1 aromatic rings. The van der Waals surface area contributed by atoms with E-state index in [9.17, 15) is 0 Å². The Balaban J connectivity index is 2.74. The maximum atomic E-state index is 6.04. The third-order valence-electron chi connectivity index (χ3n) is 3.27. The minimum Gasteiger partial charge on any atom is -0.490 e. The molecule has 0 aliphatic rings. The topological polar surface area (TPSA) is 21.3 Å². The Kier molecular flexibility index (Phi) is 5.01. The first-order valence-electron chi connectivity index (χ1n) is 6.35. The SMILES string of the molecule is CNC(C)CC(C)Oc1cc(C)cc(C)c1C. The lowest BCUT2D eigenvalue weighted by Gasteiger charge is -2.20. The molecule has 1 aromatic carbocycles. The first-order valence-corrected chi connectivity index (χ1v) is 6.35. The van der Waals surface area contributed by atoms with Crippen molar-refractivity contribution in [3.8, 4) is 5.75 Å². The van der Waals surface area contributed by atoms with Crippen molar-refractivity contribution in [3.05, 3.63) is 28.8 Å². The normalized spacial score (nSPS) is 14.5. The predicted molar refractivity (Wildman–Crippen MR) is 73.9 cm³/mol. The summed E-state index contributed by atoms with van der Waals surface area (Å²) < 4.78 is 6.04. The van der Waals surface area contributed by atoms with E-state index >= 15 is 0 Å². The molecule has 2 heteroatoms. The van der Waals surface area contributed by atoms with Gasteiger partial charge in [-0.05, 0) is 70.8 Å². The molecule has 0 aliphatic carbocycles. The van der Waals surface area contributed by atoms with Gasteiger partial charge in [-0.25, -0.2) is 0 Å². The quantitative estimate of drug-likeness (QED) is 0.845. The summed E-state index contributed by atoms with van der Waals surface area (Å²) in [5, 5.41) is 3.24. The van der Waals surface area contributed by atoms with Crippen molar-refractivity contribution >= 4 is 0 Å². The van der Waals surface area contributed by atoms with Gasteiger partial charge in [0.05, 0.1) is 6.10 Å². The highest BCUT2D eigenvalue weighted by atomic mass is 16.5. The highest BCUT2D eigenvalue weighted by molar-refractivity contribution is 5.42. The Hall–Kier alpha value is -1.02. The zero-order valence-corrected chi connectivity index (χ0v) is 11.9. The molecule has 0 heterocycles. The lowest BCUT2D eigenvalue weighted by molar-refractivity contribution is 0.196. The molecular weight excluding hydrogens is 210 g/mol. The molecule has 2 unspecified atom stereocenters. The highest BCUT2D eigenvalue weighted by Crippen LogP contribution is 2.24. The molecule has 0 aromatic heterocycles. The van der Waals surface area contributed by atoms with Crippen LogP contribution in [0.25, 0.3) is 0 Å². The van der Waals surface area contributed by atoms with Crippen molar-refractivity contribution < 1.29 is 4.74 Å². The second-order valence-corrected chi connectivity index (χ2v) is 5.06. The van der Waals surface area contributed by atoms with E-state index in [1.807, 2.05) is 7.05 Å². The van der Waals surface area contributed by atoms with Crippen molar-refractivity contribution in [2.45, 2.75) is 53.2 Å². The zero-order chi connectivity index (χ0) is 13.0. The summed E-state index contributed by atoms with van der Waals surface area (Å²) >= 11 is 0. The molecule has 2 atom stereocenters. The molecule has 0 saturated heterocycles. The monoisotopic (exact) mass is 235 g/mol. The fourth-order valence-electron chi connectivity index (χ4n) is 2.00. The van der Waals surface area contributed by atoms with Crippen molar-refractivity contribution in [1.29, 1.82) is 0 Å². The second-order valence-electron chi connectivity index (χ2n) is 5.06. The summed E-state index contributed by atoms with van der Waals surface area (Å²) in [7, 11) is 1.99. The van der Waals surface area contributed by atoms with Crippen LogP contribution in [0, 0.1) is 20.8 Å². The standard InChI is InChI=1S/C15H25NO/c1-10-7-11(2)14(5)15(8-10)17-13(4)9-12(3)16-6/h7-8,12-13,16H,9H2,1-6H3. The molecule has 0 fully saturated rings. The van der Waals surface area contributed by atoms with Gasteiger partial charge in [0, 0.05) is 6.04 Å². The van der Waals surface area contributed by atoms with Gasteiger partial charge in [-0.15, -0.1) is 0 Å². The Morgan fingerprint density at radius 3 is 2.41 bits per heavy atom. The Morgan fingerprint density at radius 1 is 1.18 bits per heavy atom. The van der Waals surface area contributed by atoms with E-state index in [0.29, 0.717) is 6.04 Å². The van der Waals surface area contributed by atoms with Gasteiger partial charge < -0.3 is 10.1 Å². The Bertz CT molecular complexity index is 373. The van der Waals surface area contributed by atoms with Gasteiger partial charge in [0.2, 0.25) is 0 Å². The van der Waals surface area contributed by atoms with E-state index in [4.69, 9.17) is 4.74 Å². The number of rotatable bonds is 5. The number of hydrogen-bond donors (Lipinski definition) is 1. The van der Waals surface area contributed by atoms with Crippen LogP contribution in [-0.4, -0.2) is 19.2 Å². The van der Waals surface area contributed by atoms with Crippen molar-refractivity contribution in [1.82, 2.24) is 5.32 Å². The molecule has 0 spiro atoms. The number of hydrogen-bond acceptors (Lipinski definition) is 2. The van der Waals surface area contributed by atoms with Crippen LogP contribution in [0.3, 0.4) is 0 Å². The van der Waals surface area contributed by atoms with Crippen LogP contribution in [-0.2, 0) is 0 Å². The van der Waals surface area contributed by atoms with Gasteiger partial charge in [0.15, 0.2) is 0 Å². The molecular formula is C15H25NO. The summed E-state index contributed by atoms with van der Waals surface area (Å²) in [6.07, 6.45) is 1.25. The maximum Gasteiger partial charge on any atom is 0.123 e. The smallest absolute Gasteiger partial charge is 0.123 e. The highest BCUT2D eigenvalue weighted by Gasteiger charge is 2.11. The Labute approximate surface area is 105 Å². The van der Waals surface area contributed by atoms with E-state index < -0.39 is 0 Å². The average molecular weight is 235 g/mol. The van der Waals surface area contributed by atoms with Gasteiger partial charge in [0.25, 0.3) is 0 Å². The fraction of sp³-hybridized carbons (Fsp3) is 0.600. The first kappa shape index (κ1) is 14.0. The molecule has 0 amide bonds. The average Bonchev–Trinajstić information content (AvgIpc) is 2.24.